The van der Waals surface area contributed by atoms with Crippen LogP contribution >= 0.6 is 11.6 Å². The minimum atomic E-state index is -0.830. The van der Waals surface area contributed by atoms with Crippen LogP contribution in [0.4, 0.5) is 11.4 Å². The molecule has 0 bridgehead atoms. The molecule has 0 unspecified atom stereocenters. The zero-order chi connectivity index (χ0) is 27.2. The summed E-state index contributed by atoms with van der Waals surface area (Å²) in [6, 6.07) is 21.2. The lowest BCUT2D eigenvalue weighted by atomic mass is 9.98. The Bertz CT molecular complexity index is 1330. The van der Waals surface area contributed by atoms with Crippen LogP contribution in [0.5, 0.6) is 0 Å². The predicted octanol–water partition coefficient (Wildman–Crippen LogP) is 5.28. The highest BCUT2D eigenvalue weighted by Gasteiger charge is 2.28. The largest absolute Gasteiger partial charge is 0.481 e. The molecule has 0 fully saturated rings. The SMILES string of the molecule is CN(C)CCN(C)Cc1ccc(NC(=C2C(=O)Nc3cc(Cl)ccc32)c2ccc(CCC(=O)O)cc2)cc1. The fourth-order valence-corrected chi connectivity index (χ4v) is 4.53. The summed E-state index contributed by atoms with van der Waals surface area (Å²) in [4.78, 5) is 28.6. The monoisotopic (exact) mass is 532 g/mol. The molecule has 3 aromatic rings. The van der Waals surface area contributed by atoms with Crippen LogP contribution in [-0.4, -0.2) is 61.0 Å². The first-order valence-electron chi connectivity index (χ1n) is 12.6. The maximum Gasteiger partial charge on any atom is 0.303 e. The van der Waals surface area contributed by atoms with E-state index in [1.54, 1.807) is 12.1 Å². The average molecular weight is 533 g/mol. The van der Waals surface area contributed by atoms with Gasteiger partial charge in [-0.15, -0.1) is 0 Å². The molecule has 0 saturated carbocycles. The second kappa shape index (κ2) is 12.3. The number of carbonyl (C=O) groups is 2. The fourth-order valence-electron chi connectivity index (χ4n) is 4.36. The molecule has 7 nitrogen and oxygen atoms in total. The second-order valence-electron chi connectivity index (χ2n) is 9.85. The lowest BCUT2D eigenvalue weighted by molar-refractivity contribution is -0.137. The number of halogens is 1. The number of hydrogen-bond donors (Lipinski definition) is 3. The molecule has 0 atom stereocenters. The van der Waals surface area contributed by atoms with Crippen LogP contribution in [0.1, 0.15) is 28.7 Å². The highest BCUT2D eigenvalue weighted by atomic mass is 35.5. The zero-order valence-electron chi connectivity index (χ0n) is 21.9. The van der Waals surface area contributed by atoms with E-state index < -0.39 is 5.97 Å². The molecule has 0 aliphatic carbocycles. The number of nitrogens with zero attached hydrogens (tertiary/aromatic N) is 2. The molecular formula is C30H33ClN4O3. The van der Waals surface area contributed by atoms with Crippen LogP contribution in [0.2, 0.25) is 5.02 Å². The first kappa shape index (κ1) is 27.4. The van der Waals surface area contributed by atoms with Gasteiger partial charge in [-0.2, -0.15) is 0 Å². The Balaban J connectivity index is 1.64. The first-order valence-corrected chi connectivity index (χ1v) is 12.9. The molecule has 38 heavy (non-hydrogen) atoms. The van der Waals surface area contributed by atoms with Crippen LogP contribution in [0.15, 0.2) is 66.7 Å². The second-order valence-corrected chi connectivity index (χ2v) is 10.3. The van der Waals surface area contributed by atoms with Gasteiger partial charge in [0.05, 0.1) is 17.0 Å². The highest BCUT2D eigenvalue weighted by molar-refractivity contribution is 6.38. The van der Waals surface area contributed by atoms with Crippen LogP contribution < -0.4 is 10.6 Å². The van der Waals surface area contributed by atoms with Gasteiger partial charge in [0.15, 0.2) is 0 Å². The van der Waals surface area contributed by atoms with Crippen LogP contribution in [0.25, 0.3) is 11.3 Å². The minimum absolute atomic E-state index is 0.0682. The first-order chi connectivity index (χ1) is 18.2. The van der Waals surface area contributed by atoms with Gasteiger partial charge in [-0.25, -0.2) is 0 Å². The van der Waals surface area contributed by atoms with E-state index >= 15 is 0 Å². The number of carboxylic acids is 1. The van der Waals surface area contributed by atoms with Gasteiger partial charge in [0.25, 0.3) is 5.91 Å². The Morgan fingerprint density at radius 3 is 2.29 bits per heavy atom. The number of rotatable bonds is 11. The van der Waals surface area contributed by atoms with Crippen LogP contribution in [0.3, 0.4) is 0 Å². The number of carbonyl (C=O) groups excluding carboxylic acids is 1. The molecule has 3 aromatic carbocycles. The Morgan fingerprint density at radius 1 is 0.947 bits per heavy atom. The lowest BCUT2D eigenvalue weighted by Gasteiger charge is -2.20. The van der Waals surface area contributed by atoms with Crippen molar-refractivity contribution in [1.82, 2.24) is 9.80 Å². The number of likely N-dealkylation sites (N-methyl/N-ethyl adjacent to an activating group) is 2. The van der Waals surface area contributed by atoms with Crippen molar-refractivity contribution in [3.8, 4) is 0 Å². The molecule has 1 heterocycles. The molecule has 3 N–H and O–H groups in total. The van der Waals surface area contributed by atoms with Crippen LogP contribution in [0, 0.1) is 0 Å². The summed E-state index contributed by atoms with van der Waals surface area (Å²) in [5.41, 5.74) is 6.45. The van der Waals surface area contributed by atoms with Crippen molar-refractivity contribution in [2.45, 2.75) is 19.4 Å². The zero-order valence-corrected chi connectivity index (χ0v) is 22.7. The molecule has 1 amide bonds. The smallest absolute Gasteiger partial charge is 0.303 e. The van der Waals surface area contributed by atoms with E-state index in [1.165, 1.54) is 5.56 Å². The Hall–Kier alpha value is -3.65. The van der Waals surface area contributed by atoms with Gasteiger partial charge in [0, 0.05) is 42.3 Å². The highest BCUT2D eigenvalue weighted by Crippen LogP contribution is 2.38. The van der Waals surface area contributed by atoms with Crippen molar-refractivity contribution >= 4 is 46.1 Å². The number of hydrogen-bond acceptors (Lipinski definition) is 5. The van der Waals surface area contributed by atoms with E-state index in [-0.39, 0.29) is 12.3 Å². The number of benzene rings is 3. The molecule has 4 rings (SSSR count). The number of aryl methyl sites for hydroxylation is 1. The number of anilines is 2. The number of amides is 1. The molecule has 198 valence electrons. The van der Waals surface area contributed by atoms with Gasteiger partial charge < -0.3 is 25.5 Å². The standard InChI is InChI=1S/C30H33ClN4O3/c1-34(2)16-17-35(3)19-21-6-12-24(13-7-21)32-29(22-9-4-20(5-10-22)8-15-27(36)37)28-25-14-11-23(31)18-26(25)33-30(28)38/h4-7,9-14,18,32H,8,15-17,19H2,1-3H3,(H,33,38)(H,36,37). The van der Waals surface area contributed by atoms with Crippen molar-refractivity contribution < 1.29 is 14.7 Å². The molecule has 0 aromatic heterocycles. The number of aliphatic carboxylic acids is 1. The van der Waals surface area contributed by atoms with Gasteiger partial charge in [-0.3, -0.25) is 9.59 Å². The molecule has 8 heteroatoms. The van der Waals surface area contributed by atoms with Gasteiger partial charge in [0.1, 0.15) is 0 Å². The van der Waals surface area contributed by atoms with Crippen molar-refractivity contribution in [2.24, 2.45) is 0 Å². The minimum Gasteiger partial charge on any atom is -0.481 e. The molecule has 0 radical (unpaired) electrons. The van der Waals surface area contributed by atoms with Gasteiger partial charge >= 0.3 is 5.97 Å². The topological polar surface area (TPSA) is 84.9 Å². The van der Waals surface area contributed by atoms with E-state index in [2.05, 4.69) is 53.7 Å². The summed E-state index contributed by atoms with van der Waals surface area (Å²) in [5, 5.41) is 16.0. The Labute approximate surface area is 228 Å². The van der Waals surface area contributed by atoms with E-state index in [4.69, 9.17) is 16.7 Å². The number of nitrogens with one attached hydrogen (secondary N) is 2. The quantitative estimate of drug-likeness (QED) is 0.291. The normalized spacial score (nSPS) is 14.0. The van der Waals surface area contributed by atoms with E-state index in [0.29, 0.717) is 28.4 Å². The van der Waals surface area contributed by atoms with Crippen molar-refractivity contribution in [2.75, 3.05) is 44.9 Å². The third kappa shape index (κ3) is 7.01. The fraction of sp³-hybridized carbons (Fsp3) is 0.267. The summed E-state index contributed by atoms with van der Waals surface area (Å²) in [5.74, 6) is -1.04. The molecular weight excluding hydrogens is 500 g/mol. The Kier molecular flexibility index (Phi) is 8.84. The van der Waals surface area contributed by atoms with Gasteiger partial charge in [0.2, 0.25) is 0 Å². The maximum atomic E-state index is 13.2. The van der Waals surface area contributed by atoms with Gasteiger partial charge in [-0.1, -0.05) is 54.1 Å². The van der Waals surface area contributed by atoms with E-state index in [0.717, 1.165) is 42.0 Å². The third-order valence-corrected chi connectivity index (χ3v) is 6.69. The van der Waals surface area contributed by atoms with Crippen molar-refractivity contribution in [3.63, 3.8) is 0 Å². The lowest BCUT2D eigenvalue weighted by Crippen LogP contribution is -2.28. The summed E-state index contributed by atoms with van der Waals surface area (Å²) < 4.78 is 0. The number of carboxylic acid groups (broad SMARTS) is 1. The van der Waals surface area contributed by atoms with Crippen LogP contribution in [-0.2, 0) is 22.6 Å². The van der Waals surface area contributed by atoms with Crippen molar-refractivity contribution in [1.29, 1.82) is 0 Å². The Morgan fingerprint density at radius 2 is 1.63 bits per heavy atom. The molecule has 1 aliphatic rings. The maximum absolute atomic E-state index is 13.2. The van der Waals surface area contributed by atoms with E-state index in [9.17, 15) is 9.59 Å². The number of fused-ring (bicyclic) bond motifs is 1. The summed E-state index contributed by atoms with van der Waals surface area (Å²) in [7, 11) is 6.25. The molecule has 0 spiro atoms. The summed E-state index contributed by atoms with van der Waals surface area (Å²) in [6.07, 6.45) is 0.514. The summed E-state index contributed by atoms with van der Waals surface area (Å²) >= 11 is 6.17. The predicted molar refractivity (Wildman–Crippen MR) is 154 cm³/mol. The molecule has 0 saturated heterocycles. The summed E-state index contributed by atoms with van der Waals surface area (Å²) in [6.45, 7) is 2.82. The van der Waals surface area contributed by atoms with E-state index in [1.807, 2.05) is 42.5 Å². The van der Waals surface area contributed by atoms with Gasteiger partial charge in [-0.05, 0) is 68.5 Å². The third-order valence-electron chi connectivity index (χ3n) is 6.45. The van der Waals surface area contributed by atoms with Crippen molar-refractivity contribution in [3.05, 3.63) is 94.0 Å². The molecule has 1 aliphatic heterocycles. The average Bonchev–Trinajstić information content (AvgIpc) is 3.20.